The van der Waals surface area contributed by atoms with Crippen molar-refractivity contribution in [3.05, 3.63) is 303 Å². The third-order valence-corrected chi connectivity index (χ3v) is 17.5. The summed E-state index contributed by atoms with van der Waals surface area (Å²) in [5.74, 6) is 0. The van der Waals surface area contributed by atoms with Crippen molar-refractivity contribution in [2.24, 2.45) is 0 Å². The molecule has 2 heterocycles. The minimum Gasteiger partial charge on any atom is -0.309 e. The van der Waals surface area contributed by atoms with Gasteiger partial charge in [0, 0.05) is 32.9 Å². The van der Waals surface area contributed by atoms with Gasteiger partial charge < -0.3 is 9.13 Å². The maximum absolute atomic E-state index is 2.45. The Morgan fingerprint density at radius 1 is 0.159 bits per heavy atom. The van der Waals surface area contributed by atoms with Crippen LogP contribution in [-0.4, -0.2) is 9.13 Å². The summed E-state index contributed by atoms with van der Waals surface area (Å²) < 4.78 is 4.81. The molecule has 0 amide bonds. The maximum Gasteiger partial charge on any atom is 0.0541 e. The Morgan fingerprint density at radius 2 is 0.439 bits per heavy atom. The third-order valence-electron chi connectivity index (χ3n) is 17.5. The second-order valence-corrected chi connectivity index (χ2v) is 21.9. The summed E-state index contributed by atoms with van der Waals surface area (Å²) in [6.45, 7) is 0. The second kappa shape index (κ2) is 18.4. The largest absolute Gasteiger partial charge is 0.309 e. The molecular weight excluding hydrogens is 989 g/mol. The number of fused-ring (bicyclic) bond motifs is 11. The van der Waals surface area contributed by atoms with Crippen LogP contribution in [0.15, 0.2) is 303 Å². The molecule has 17 rings (SSSR count). The first-order chi connectivity index (χ1) is 40.7. The van der Waals surface area contributed by atoms with Crippen molar-refractivity contribution in [1.29, 1.82) is 0 Å². The smallest absolute Gasteiger partial charge is 0.0541 e. The van der Waals surface area contributed by atoms with E-state index in [4.69, 9.17) is 0 Å². The van der Waals surface area contributed by atoms with E-state index in [1.54, 1.807) is 0 Å². The van der Waals surface area contributed by atoms with Crippen LogP contribution in [0.5, 0.6) is 0 Å². The molecule has 2 aromatic heterocycles. The van der Waals surface area contributed by atoms with Gasteiger partial charge in [0.25, 0.3) is 0 Å². The summed E-state index contributed by atoms with van der Waals surface area (Å²) in [6.07, 6.45) is 0. The highest BCUT2D eigenvalue weighted by Gasteiger charge is 2.21. The molecule has 0 unspecified atom stereocenters. The molecule has 0 aliphatic heterocycles. The second-order valence-electron chi connectivity index (χ2n) is 21.9. The minimum absolute atomic E-state index is 1.14. The fourth-order valence-corrected chi connectivity index (χ4v) is 13.9. The normalized spacial score (nSPS) is 11.9. The van der Waals surface area contributed by atoms with Gasteiger partial charge in [-0.3, -0.25) is 0 Å². The van der Waals surface area contributed by atoms with E-state index in [1.807, 2.05) is 0 Å². The van der Waals surface area contributed by atoms with E-state index in [1.165, 1.54) is 153 Å². The summed E-state index contributed by atoms with van der Waals surface area (Å²) in [4.78, 5) is 0. The molecule has 2 heteroatoms. The molecule has 0 aliphatic carbocycles. The van der Waals surface area contributed by atoms with Gasteiger partial charge in [0.05, 0.1) is 22.1 Å². The average Bonchev–Trinajstić information content (AvgIpc) is 3.37. The molecule has 0 fully saturated rings. The minimum atomic E-state index is 1.14. The molecule has 0 atom stereocenters. The van der Waals surface area contributed by atoms with Crippen LogP contribution in [0.4, 0.5) is 0 Å². The standard InChI is InChI=1S/C80H50N2/c1-2-18-56-49-58(38-35-51(56)17-1)80-69-27-7-4-24-66(69)77(67-25-5-8-28-70(67)80)53-36-33-52(34-37-53)57-43-48-71-72(50-57)79(55-41-46-60(47-42-55)82-75-31-15-11-21-63(75)64-22-12-16-32-76(64)82)68-26-6-3-23-65(68)78(71)54-39-44-59(45-40-54)81-73-29-13-9-19-61(73)62-20-10-14-30-74(62)81/h1-50H. The molecule has 82 heavy (non-hydrogen) atoms. The summed E-state index contributed by atoms with van der Waals surface area (Å²) in [5, 5.41) is 17.4. The van der Waals surface area contributed by atoms with Crippen LogP contribution in [0, 0.1) is 0 Å². The quantitative estimate of drug-likeness (QED) is 0.141. The fraction of sp³-hybridized carbons (Fsp3) is 0. The molecule has 0 saturated carbocycles. The highest BCUT2D eigenvalue weighted by Crippen LogP contribution is 2.48. The number of hydrogen-bond acceptors (Lipinski definition) is 0. The Kier molecular flexibility index (Phi) is 10.3. The lowest BCUT2D eigenvalue weighted by atomic mass is 9.84. The van der Waals surface area contributed by atoms with E-state index in [2.05, 4.69) is 312 Å². The number of para-hydroxylation sites is 4. The molecule has 0 bridgehead atoms. The number of rotatable bonds is 7. The van der Waals surface area contributed by atoms with E-state index < -0.39 is 0 Å². The molecule has 2 nitrogen and oxygen atoms in total. The number of hydrogen-bond donors (Lipinski definition) is 0. The first kappa shape index (κ1) is 46.1. The van der Waals surface area contributed by atoms with Gasteiger partial charge in [0.1, 0.15) is 0 Å². The topological polar surface area (TPSA) is 9.86 Å². The summed E-state index contributed by atoms with van der Waals surface area (Å²) in [7, 11) is 0. The van der Waals surface area contributed by atoms with Crippen LogP contribution in [0.25, 0.3) is 164 Å². The van der Waals surface area contributed by atoms with Gasteiger partial charge in [-0.05, 0) is 170 Å². The first-order valence-corrected chi connectivity index (χ1v) is 28.4. The first-order valence-electron chi connectivity index (χ1n) is 28.4. The van der Waals surface area contributed by atoms with Gasteiger partial charge in [-0.15, -0.1) is 0 Å². The van der Waals surface area contributed by atoms with Crippen molar-refractivity contribution >= 4 is 97.5 Å². The van der Waals surface area contributed by atoms with Gasteiger partial charge >= 0.3 is 0 Å². The van der Waals surface area contributed by atoms with Gasteiger partial charge in [-0.2, -0.15) is 0 Å². The zero-order valence-corrected chi connectivity index (χ0v) is 44.8. The molecule has 380 valence electrons. The number of aromatic nitrogens is 2. The Hall–Kier alpha value is -10.8. The number of nitrogens with zero attached hydrogens (tertiary/aromatic N) is 2. The lowest BCUT2D eigenvalue weighted by Gasteiger charge is -2.20. The van der Waals surface area contributed by atoms with Crippen LogP contribution in [-0.2, 0) is 0 Å². The zero-order chi connectivity index (χ0) is 53.8. The average molecular weight is 1040 g/mol. The van der Waals surface area contributed by atoms with Crippen molar-refractivity contribution in [2.75, 3.05) is 0 Å². The molecule has 0 spiro atoms. The third kappa shape index (κ3) is 7.08. The molecule has 0 saturated heterocycles. The Morgan fingerprint density at radius 3 is 0.854 bits per heavy atom. The van der Waals surface area contributed by atoms with Crippen molar-refractivity contribution < 1.29 is 0 Å². The maximum atomic E-state index is 2.45. The van der Waals surface area contributed by atoms with Crippen LogP contribution in [0.2, 0.25) is 0 Å². The van der Waals surface area contributed by atoms with Crippen molar-refractivity contribution in [3.8, 4) is 67.0 Å². The van der Waals surface area contributed by atoms with E-state index in [-0.39, 0.29) is 0 Å². The van der Waals surface area contributed by atoms with Crippen LogP contribution in [0.1, 0.15) is 0 Å². The zero-order valence-electron chi connectivity index (χ0n) is 44.8. The van der Waals surface area contributed by atoms with E-state index in [0.717, 1.165) is 11.4 Å². The molecular formula is C80H50N2. The lowest BCUT2D eigenvalue weighted by Crippen LogP contribution is -1.95. The van der Waals surface area contributed by atoms with Crippen molar-refractivity contribution in [2.45, 2.75) is 0 Å². The van der Waals surface area contributed by atoms with Gasteiger partial charge in [-0.25, -0.2) is 0 Å². The van der Waals surface area contributed by atoms with Gasteiger partial charge in [0.15, 0.2) is 0 Å². The Labute approximate surface area is 474 Å². The Balaban J connectivity index is 0.836. The summed E-state index contributed by atoms with van der Waals surface area (Å²) in [5.41, 5.74) is 19.2. The Bertz CT molecular complexity index is 5260. The van der Waals surface area contributed by atoms with Gasteiger partial charge in [0.2, 0.25) is 0 Å². The molecule has 0 N–H and O–H groups in total. The molecule has 17 aromatic rings. The molecule has 15 aromatic carbocycles. The van der Waals surface area contributed by atoms with E-state index in [9.17, 15) is 0 Å². The van der Waals surface area contributed by atoms with Crippen molar-refractivity contribution in [1.82, 2.24) is 9.13 Å². The highest BCUT2D eigenvalue weighted by atomic mass is 15.0. The monoisotopic (exact) mass is 1040 g/mol. The van der Waals surface area contributed by atoms with Crippen LogP contribution < -0.4 is 0 Å². The van der Waals surface area contributed by atoms with Crippen LogP contribution >= 0.6 is 0 Å². The van der Waals surface area contributed by atoms with Crippen molar-refractivity contribution in [3.63, 3.8) is 0 Å². The van der Waals surface area contributed by atoms with Gasteiger partial charge in [-0.1, -0.05) is 243 Å². The molecule has 0 radical (unpaired) electrons. The fourth-order valence-electron chi connectivity index (χ4n) is 13.9. The van der Waals surface area contributed by atoms with E-state index >= 15 is 0 Å². The van der Waals surface area contributed by atoms with Crippen LogP contribution in [0.3, 0.4) is 0 Å². The summed E-state index contributed by atoms with van der Waals surface area (Å²) >= 11 is 0. The summed E-state index contributed by atoms with van der Waals surface area (Å²) in [6, 6.07) is 113. The predicted octanol–water partition coefficient (Wildman–Crippen LogP) is 22.0. The number of benzene rings is 15. The highest BCUT2D eigenvalue weighted by molar-refractivity contribution is 6.24. The lowest BCUT2D eigenvalue weighted by molar-refractivity contribution is 1.18. The van der Waals surface area contributed by atoms with E-state index in [0.29, 0.717) is 0 Å². The molecule has 0 aliphatic rings. The predicted molar refractivity (Wildman–Crippen MR) is 350 cm³/mol. The SMILES string of the molecule is c1ccc2cc(-c3c4ccccc4c(-c4ccc(-c5ccc6c(-c7ccc(-n8c9ccccc9c9ccccc98)cc7)c7ccccc7c(-c7ccc(-n8c9ccccc9c9ccccc98)cc7)c6c5)cc4)c4ccccc34)ccc2c1.